The maximum atomic E-state index is 14.0. The van der Waals surface area contributed by atoms with Crippen molar-refractivity contribution in [1.29, 1.82) is 0 Å². The number of nitrogens with one attached hydrogen (secondary N) is 1. The van der Waals surface area contributed by atoms with Gasteiger partial charge in [-0.2, -0.15) is 13.2 Å². The average molecular weight is 565 g/mol. The zero-order valence-corrected chi connectivity index (χ0v) is 22.8. The number of carbonyl (C=O) groups is 2. The van der Waals surface area contributed by atoms with Gasteiger partial charge in [0, 0.05) is 50.1 Å². The molecule has 1 N–H and O–H groups in total. The molecule has 0 bridgehead atoms. The minimum atomic E-state index is -4.43. The Bertz CT molecular complexity index is 1460. The molecule has 1 saturated heterocycles. The molecule has 214 valence electrons. The van der Waals surface area contributed by atoms with Gasteiger partial charge in [0.05, 0.1) is 18.4 Å². The van der Waals surface area contributed by atoms with Gasteiger partial charge in [-0.1, -0.05) is 48.5 Å². The Morgan fingerprint density at radius 3 is 2.27 bits per heavy atom. The second kappa shape index (κ2) is 11.7. The zero-order chi connectivity index (χ0) is 29.1. The highest BCUT2D eigenvalue weighted by molar-refractivity contribution is 6.04. The first kappa shape index (κ1) is 28.2. The van der Waals surface area contributed by atoms with Gasteiger partial charge in [0.15, 0.2) is 0 Å². The quantitative estimate of drug-likeness (QED) is 0.415. The first-order valence-corrected chi connectivity index (χ1v) is 13.4. The second-order valence-electron chi connectivity index (χ2n) is 10.1. The van der Waals surface area contributed by atoms with Crippen molar-refractivity contribution in [3.63, 3.8) is 0 Å². The number of benzene rings is 3. The van der Waals surface area contributed by atoms with Gasteiger partial charge in [-0.25, -0.2) is 0 Å². The van der Waals surface area contributed by atoms with Gasteiger partial charge in [-0.05, 0) is 47.9 Å². The van der Waals surface area contributed by atoms with E-state index in [4.69, 9.17) is 4.84 Å². The SMILES string of the molecule is CONC1=CN(C(=O)c2ccccc2-c2ccccc2C)C(C(=O)N2CCN(c3cccc(C(F)(F)F)c3)CC2)C1. The summed E-state index contributed by atoms with van der Waals surface area (Å²) in [7, 11) is 1.46. The number of hydroxylamine groups is 1. The van der Waals surface area contributed by atoms with E-state index in [0.717, 1.165) is 28.8 Å². The number of amides is 2. The van der Waals surface area contributed by atoms with Crippen LogP contribution in [0.1, 0.15) is 27.9 Å². The second-order valence-corrected chi connectivity index (χ2v) is 10.1. The zero-order valence-electron chi connectivity index (χ0n) is 22.8. The van der Waals surface area contributed by atoms with Crippen LogP contribution in [-0.2, 0) is 15.8 Å². The topological polar surface area (TPSA) is 65.1 Å². The minimum absolute atomic E-state index is 0.223. The van der Waals surface area contributed by atoms with Crippen molar-refractivity contribution in [2.24, 2.45) is 0 Å². The van der Waals surface area contributed by atoms with Crippen molar-refractivity contribution < 1.29 is 27.6 Å². The Hall–Kier alpha value is -4.31. The third-order valence-corrected chi connectivity index (χ3v) is 7.52. The average Bonchev–Trinajstić information content (AvgIpc) is 3.40. The lowest BCUT2D eigenvalue weighted by molar-refractivity contribution is -0.137. The molecule has 0 radical (unpaired) electrons. The van der Waals surface area contributed by atoms with Crippen LogP contribution in [0.25, 0.3) is 11.1 Å². The van der Waals surface area contributed by atoms with Crippen molar-refractivity contribution in [2.45, 2.75) is 25.6 Å². The number of anilines is 1. The molecule has 0 saturated carbocycles. The van der Waals surface area contributed by atoms with E-state index in [0.29, 0.717) is 43.1 Å². The first-order valence-electron chi connectivity index (χ1n) is 13.4. The van der Waals surface area contributed by atoms with Gasteiger partial charge in [-0.3, -0.25) is 19.9 Å². The van der Waals surface area contributed by atoms with Crippen molar-refractivity contribution in [1.82, 2.24) is 15.3 Å². The molecule has 0 aromatic heterocycles. The van der Waals surface area contributed by atoms with Crippen LogP contribution in [0.4, 0.5) is 18.9 Å². The number of hydrogen-bond donors (Lipinski definition) is 1. The molecule has 10 heteroatoms. The van der Waals surface area contributed by atoms with Crippen molar-refractivity contribution in [2.75, 3.05) is 38.2 Å². The minimum Gasteiger partial charge on any atom is -0.368 e. The normalized spacial score (nSPS) is 17.4. The lowest BCUT2D eigenvalue weighted by Gasteiger charge is -2.38. The lowest BCUT2D eigenvalue weighted by atomic mass is 9.95. The van der Waals surface area contributed by atoms with Crippen LogP contribution in [0.2, 0.25) is 0 Å². The van der Waals surface area contributed by atoms with Crippen LogP contribution in [0.3, 0.4) is 0 Å². The Kier molecular flexibility index (Phi) is 8.03. The number of halogens is 3. The predicted molar refractivity (Wildman–Crippen MR) is 150 cm³/mol. The maximum Gasteiger partial charge on any atom is 0.416 e. The fraction of sp³-hybridized carbons (Fsp3) is 0.290. The molecule has 1 atom stereocenters. The molecular formula is C31H31F3N4O3. The molecule has 0 spiro atoms. The summed E-state index contributed by atoms with van der Waals surface area (Å²) in [6, 6.07) is 19.6. The summed E-state index contributed by atoms with van der Waals surface area (Å²) in [5, 5.41) is 0. The number of carbonyl (C=O) groups excluding carboxylic acids is 2. The van der Waals surface area contributed by atoms with Crippen LogP contribution in [-0.4, -0.2) is 60.9 Å². The molecule has 3 aromatic carbocycles. The van der Waals surface area contributed by atoms with Gasteiger partial charge in [0.25, 0.3) is 5.91 Å². The van der Waals surface area contributed by atoms with Gasteiger partial charge in [-0.15, -0.1) is 0 Å². The molecular weight excluding hydrogens is 533 g/mol. The highest BCUT2D eigenvalue weighted by Gasteiger charge is 2.39. The fourth-order valence-electron chi connectivity index (χ4n) is 5.42. The molecule has 2 aliphatic rings. The van der Waals surface area contributed by atoms with E-state index in [1.165, 1.54) is 18.1 Å². The third kappa shape index (κ3) is 5.92. The summed E-state index contributed by atoms with van der Waals surface area (Å²) in [4.78, 5) is 37.8. The highest BCUT2D eigenvalue weighted by atomic mass is 19.4. The number of alkyl halides is 3. The molecule has 5 rings (SSSR count). The third-order valence-electron chi connectivity index (χ3n) is 7.52. The predicted octanol–water partition coefficient (Wildman–Crippen LogP) is 5.24. The van der Waals surface area contributed by atoms with E-state index < -0.39 is 17.8 Å². The molecule has 41 heavy (non-hydrogen) atoms. The first-order chi connectivity index (χ1) is 19.7. The molecule has 3 aromatic rings. The number of rotatable bonds is 6. The van der Waals surface area contributed by atoms with Gasteiger partial charge >= 0.3 is 6.18 Å². The molecule has 1 fully saturated rings. The number of piperazine rings is 1. The largest absolute Gasteiger partial charge is 0.416 e. The fourth-order valence-corrected chi connectivity index (χ4v) is 5.42. The molecule has 0 aliphatic carbocycles. The van der Waals surface area contributed by atoms with E-state index in [2.05, 4.69) is 5.48 Å². The monoisotopic (exact) mass is 564 g/mol. The van der Waals surface area contributed by atoms with Gasteiger partial charge < -0.3 is 14.7 Å². The van der Waals surface area contributed by atoms with E-state index in [1.807, 2.05) is 48.2 Å². The van der Waals surface area contributed by atoms with Crippen LogP contribution < -0.4 is 10.4 Å². The van der Waals surface area contributed by atoms with E-state index in [9.17, 15) is 22.8 Å². The smallest absolute Gasteiger partial charge is 0.368 e. The van der Waals surface area contributed by atoms with Crippen LogP contribution in [0.5, 0.6) is 0 Å². The molecule has 1 unspecified atom stereocenters. The van der Waals surface area contributed by atoms with Gasteiger partial charge in [0.1, 0.15) is 6.04 Å². The van der Waals surface area contributed by atoms with Crippen molar-refractivity contribution in [3.8, 4) is 11.1 Å². The van der Waals surface area contributed by atoms with Gasteiger partial charge in [0.2, 0.25) is 5.91 Å². The molecule has 2 heterocycles. The molecule has 2 aliphatic heterocycles. The Labute approximate surface area is 236 Å². The Balaban J connectivity index is 1.35. The Morgan fingerprint density at radius 1 is 0.902 bits per heavy atom. The summed E-state index contributed by atoms with van der Waals surface area (Å²) < 4.78 is 39.6. The summed E-state index contributed by atoms with van der Waals surface area (Å²) in [5.74, 6) is -0.530. The standard InChI is InChI=1S/C31H31F3N4O3/c1-21-8-3-4-11-25(21)26-12-5-6-13-27(26)29(39)38-20-23(35-41-2)19-28(38)30(40)37-16-14-36(15-17-37)24-10-7-9-22(18-24)31(32,33)34/h3-13,18,20,28,35H,14-17,19H2,1-2H3. The number of nitrogens with zero attached hydrogens (tertiary/aromatic N) is 3. The van der Waals surface area contributed by atoms with Crippen molar-refractivity contribution >= 4 is 17.5 Å². The van der Waals surface area contributed by atoms with Crippen molar-refractivity contribution in [3.05, 3.63) is 101 Å². The summed E-state index contributed by atoms with van der Waals surface area (Å²) in [5.41, 5.74) is 6.33. The van der Waals surface area contributed by atoms with E-state index in [-0.39, 0.29) is 18.2 Å². The highest BCUT2D eigenvalue weighted by Crippen LogP contribution is 2.33. The van der Waals surface area contributed by atoms with Crippen LogP contribution in [0, 0.1) is 6.92 Å². The van der Waals surface area contributed by atoms with Crippen LogP contribution >= 0.6 is 0 Å². The molecule has 2 amide bonds. The van der Waals surface area contributed by atoms with E-state index in [1.54, 1.807) is 29.3 Å². The Morgan fingerprint density at radius 2 is 1.59 bits per heavy atom. The number of hydrogen-bond acceptors (Lipinski definition) is 5. The molecule has 7 nitrogen and oxygen atoms in total. The number of aryl methyl sites for hydroxylation is 1. The summed E-state index contributed by atoms with van der Waals surface area (Å²) in [6.45, 7) is 3.38. The maximum absolute atomic E-state index is 14.0. The van der Waals surface area contributed by atoms with Crippen LogP contribution in [0.15, 0.2) is 84.7 Å². The summed E-state index contributed by atoms with van der Waals surface area (Å²) in [6.07, 6.45) is -2.56. The van der Waals surface area contributed by atoms with E-state index >= 15 is 0 Å². The summed E-state index contributed by atoms with van der Waals surface area (Å²) >= 11 is 0. The lowest BCUT2D eigenvalue weighted by Crippen LogP contribution is -2.54.